The normalized spacial score (nSPS) is 17.5. The van der Waals surface area contributed by atoms with Crippen molar-refractivity contribution in [2.45, 2.75) is 13.0 Å². The van der Waals surface area contributed by atoms with Gasteiger partial charge in [0, 0.05) is 32.0 Å². The van der Waals surface area contributed by atoms with Gasteiger partial charge in [-0.25, -0.2) is 0 Å². The second kappa shape index (κ2) is 4.19. The Kier molecular flexibility index (Phi) is 2.72. The van der Waals surface area contributed by atoms with Crippen LogP contribution in [0.25, 0.3) is 0 Å². The third kappa shape index (κ3) is 2.39. The highest BCUT2D eigenvalue weighted by Crippen LogP contribution is 2.06. The molecule has 1 aromatic heterocycles. The van der Waals surface area contributed by atoms with Crippen LogP contribution >= 0.6 is 0 Å². The van der Waals surface area contributed by atoms with Crippen molar-refractivity contribution >= 4 is 0 Å². The van der Waals surface area contributed by atoms with E-state index in [9.17, 15) is 0 Å². The first-order valence-corrected chi connectivity index (χ1v) is 4.71. The van der Waals surface area contributed by atoms with Crippen molar-refractivity contribution in [1.82, 2.24) is 9.88 Å². The van der Waals surface area contributed by atoms with Gasteiger partial charge in [-0.2, -0.15) is 0 Å². The van der Waals surface area contributed by atoms with Crippen molar-refractivity contribution in [2.24, 2.45) is 0 Å². The summed E-state index contributed by atoms with van der Waals surface area (Å²) in [4.78, 5) is 6.53. The molecule has 13 heavy (non-hydrogen) atoms. The van der Waals surface area contributed by atoms with Gasteiger partial charge in [0.25, 0.3) is 0 Å². The van der Waals surface area contributed by atoms with Gasteiger partial charge in [0.1, 0.15) is 0 Å². The van der Waals surface area contributed by atoms with Gasteiger partial charge in [-0.15, -0.1) is 0 Å². The molecule has 2 heterocycles. The summed E-state index contributed by atoms with van der Waals surface area (Å²) < 4.78 is 0. The highest BCUT2D eigenvalue weighted by atomic mass is 15.1. The Morgan fingerprint density at radius 1 is 1.38 bits per heavy atom. The first-order chi connectivity index (χ1) is 6.45. The van der Waals surface area contributed by atoms with Crippen molar-refractivity contribution in [2.75, 3.05) is 13.1 Å². The molecule has 0 amide bonds. The minimum absolute atomic E-state index is 1.03. The lowest BCUT2D eigenvalue weighted by molar-refractivity contribution is 0.290. The molecule has 0 aromatic carbocycles. The van der Waals surface area contributed by atoms with E-state index in [0.717, 1.165) is 13.1 Å². The number of pyridine rings is 1. The molecular formula is C11H14N2. The van der Waals surface area contributed by atoms with Crippen LogP contribution in [-0.4, -0.2) is 23.0 Å². The van der Waals surface area contributed by atoms with E-state index in [4.69, 9.17) is 0 Å². The average molecular weight is 174 g/mol. The van der Waals surface area contributed by atoms with E-state index in [2.05, 4.69) is 28.1 Å². The Morgan fingerprint density at radius 2 is 2.38 bits per heavy atom. The number of rotatable bonds is 2. The van der Waals surface area contributed by atoms with Crippen LogP contribution in [0.1, 0.15) is 12.0 Å². The summed E-state index contributed by atoms with van der Waals surface area (Å²) in [6, 6.07) is 4.13. The molecule has 1 aliphatic rings. The lowest BCUT2D eigenvalue weighted by Gasteiger charge is -2.22. The highest BCUT2D eigenvalue weighted by molar-refractivity contribution is 5.08. The van der Waals surface area contributed by atoms with Crippen molar-refractivity contribution < 1.29 is 0 Å². The molecule has 0 saturated carbocycles. The first kappa shape index (κ1) is 8.45. The third-order valence-electron chi connectivity index (χ3n) is 2.27. The molecule has 1 aliphatic heterocycles. The monoisotopic (exact) mass is 174 g/mol. The van der Waals surface area contributed by atoms with E-state index in [-0.39, 0.29) is 0 Å². The summed E-state index contributed by atoms with van der Waals surface area (Å²) in [6.07, 6.45) is 9.43. The van der Waals surface area contributed by atoms with Crippen molar-refractivity contribution in [1.29, 1.82) is 0 Å². The molecule has 0 spiro atoms. The Hall–Kier alpha value is -1.15. The Morgan fingerprint density at radius 3 is 3.08 bits per heavy atom. The molecule has 0 saturated heterocycles. The maximum atomic E-state index is 4.11. The Labute approximate surface area is 78.9 Å². The predicted molar refractivity (Wildman–Crippen MR) is 53.3 cm³/mol. The van der Waals surface area contributed by atoms with E-state index in [1.165, 1.54) is 18.5 Å². The third-order valence-corrected chi connectivity index (χ3v) is 2.27. The van der Waals surface area contributed by atoms with Crippen LogP contribution in [-0.2, 0) is 6.54 Å². The van der Waals surface area contributed by atoms with Gasteiger partial charge in [0.2, 0.25) is 0 Å². The predicted octanol–water partition coefficient (Wildman–Crippen LogP) is 1.84. The van der Waals surface area contributed by atoms with Crippen LogP contribution in [0.5, 0.6) is 0 Å². The summed E-state index contributed by atoms with van der Waals surface area (Å²) in [5, 5.41) is 0. The quantitative estimate of drug-likeness (QED) is 0.636. The maximum Gasteiger partial charge on any atom is 0.0312 e. The largest absolute Gasteiger partial charge is 0.295 e. The summed E-state index contributed by atoms with van der Waals surface area (Å²) >= 11 is 0. The SMILES string of the molecule is C1=CCN(Cc2cccnc2)CC1. The van der Waals surface area contributed by atoms with Crippen LogP contribution in [0.4, 0.5) is 0 Å². The Bertz CT molecular complexity index is 279. The van der Waals surface area contributed by atoms with Crippen LogP contribution in [0.3, 0.4) is 0 Å². The number of hydrogen-bond donors (Lipinski definition) is 0. The van der Waals surface area contributed by atoms with Gasteiger partial charge in [0.15, 0.2) is 0 Å². The minimum Gasteiger partial charge on any atom is -0.295 e. The molecule has 68 valence electrons. The van der Waals surface area contributed by atoms with E-state index < -0.39 is 0 Å². The minimum atomic E-state index is 1.03. The van der Waals surface area contributed by atoms with Crippen LogP contribution in [0.15, 0.2) is 36.7 Å². The fourth-order valence-electron chi connectivity index (χ4n) is 1.58. The zero-order valence-electron chi connectivity index (χ0n) is 7.69. The van der Waals surface area contributed by atoms with Crippen LogP contribution < -0.4 is 0 Å². The van der Waals surface area contributed by atoms with Gasteiger partial charge in [-0.05, 0) is 18.1 Å². The summed E-state index contributed by atoms with van der Waals surface area (Å²) in [6.45, 7) is 3.28. The van der Waals surface area contributed by atoms with Crippen molar-refractivity contribution in [3.05, 3.63) is 42.2 Å². The zero-order valence-corrected chi connectivity index (χ0v) is 7.69. The standard InChI is InChI=1S/C11H14N2/c1-2-7-13(8-3-1)10-11-5-4-6-12-9-11/h1-2,4-6,9H,3,7-8,10H2. The molecule has 2 heteroatoms. The van der Waals surface area contributed by atoms with E-state index in [0.29, 0.717) is 0 Å². The van der Waals surface area contributed by atoms with E-state index >= 15 is 0 Å². The van der Waals surface area contributed by atoms with Gasteiger partial charge in [-0.1, -0.05) is 18.2 Å². The molecule has 0 radical (unpaired) electrons. The smallest absolute Gasteiger partial charge is 0.0312 e. The highest BCUT2D eigenvalue weighted by Gasteiger charge is 2.05. The van der Waals surface area contributed by atoms with Gasteiger partial charge < -0.3 is 0 Å². The lowest BCUT2D eigenvalue weighted by atomic mass is 10.2. The zero-order chi connectivity index (χ0) is 8.93. The fraction of sp³-hybridized carbons (Fsp3) is 0.364. The molecule has 2 nitrogen and oxygen atoms in total. The average Bonchev–Trinajstić information content (AvgIpc) is 2.21. The van der Waals surface area contributed by atoms with Crippen molar-refractivity contribution in [3.63, 3.8) is 0 Å². The summed E-state index contributed by atoms with van der Waals surface area (Å²) in [5.74, 6) is 0. The first-order valence-electron chi connectivity index (χ1n) is 4.71. The molecule has 0 unspecified atom stereocenters. The van der Waals surface area contributed by atoms with E-state index in [1.54, 1.807) is 0 Å². The molecule has 0 aliphatic carbocycles. The van der Waals surface area contributed by atoms with Crippen LogP contribution in [0.2, 0.25) is 0 Å². The maximum absolute atomic E-state index is 4.11. The van der Waals surface area contributed by atoms with Crippen molar-refractivity contribution in [3.8, 4) is 0 Å². The Balaban J connectivity index is 1.94. The molecule has 0 bridgehead atoms. The van der Waals surface area contributed by atoms with Crippen LogP contribution in [0, 0.1) is 0 Å². The topological polar surface area (TPSA) is 16.1 Å². The molecule has 0 N–H and O–H groups in total. The molecule has 2 rings (SSSR count). The number of nitrogens with zero attached hydrogens (tertiary/aromatic N) is 2. The molecular weight excluding hydrogens is 160 g/mol. The second-order valence-electron chi connectivity index (χ2n) is 3.36. The number of aromatic nitrogens is 1. The van der Waals surface area contributed by atoms with Gasteiger partial charge in [0.05, 0.1) is 0 Å². The van der Waals surface area contributed by atoms with E-state index in [1.807, 2.05) is 18.5 Å². The molecule has 1 aromatic rings. The second-order valence-corrected chi connectivity index (χ2v) is 3.36. The molecule has 0 atom stereocenters. The fourth-order valence-corrected chi connectivity index (χ4v) is 1.58. The summed E-state index contributed by atoms with van der Waals surface area (Å²) in [5.41, 5.74) is 1.30. The lowest BCUT2D eigenvalue weighted by Crippen LogP contribution is -2.26. The summed E-state index contributed by atoms with van der Waals surface area (Å²) in [7, 11) is 0. The molecule has 0 fully saturated rings. The van der Waals surface area contributed by atoms with Gasteiger partial charge in [-0.3, -0.25) is 9.88 Å². The van der Waals surface area contributed by atoms with Gasteiger partial charge >= 0.3 is 0 Å². The number of hydrogen-bond acceptors (Lipinski definition) is 2.